The van der Waals surface area contributed by atoms with Crippen LogP contribution in [-0.4, -0.2) is 60.5 Å². The molecule has 2 aliphatic carbocycles. The first kappa shape index (κ1) is 20.0. The van der Waals surface area contributed by atoms with Crippen molar-refractivity contribution in [3.8, 4) is 5.75 Å². The van der Waals surface area contributed by atoms with Gasteiger partial charge < -0.3 is 25.0 Å². The van der Waals surface area contributed by atoms with E-state index in [1.165, 1.54) is 37.8 Å². The second-order valence-corrected chi connectivity index (χ2v) is 9.68. The number of nitrogens with one attached hydrogen (secondary N) is 1. The molecule has 164 valence electrons. The van der Waals surface area contributed by atoms with E-state index in [0.717, 1.165) is 31.7 Å². The fourth-order valence-electron chi connectivity index (χ4n) is 7.29. The average molecular weight is 414 g/mol. The van der Waals surface area contributed by atoms with E-state index in [9.17, 15) is 9.90 Å². The third kappa shape index (κ3) is 2.83. The molecule has 2 spiro atoms. The van der Waals surface area contributed by atoms with E-state index in [0.29, 0.717) is 25.1 Å². The van der Waals surface area contributed by atoms with Gasteiger partial charge in [0.05, 0.1) is 18.8 Å². The van der Waals surface area contributed by atoms with Crippen LogP contribution in [0.3, 0.4) is 0 Å². The lowest BCUT2D eigenvalue weighted by molar-refractivity contribution is -0.120. The Balaban J connectivity index is 1.46. The summed E-state index contributed by atoms with van der Waals surface area (Å²) < 4.78 is 5.65. The third-order valence-electron chi connectivity index (χ3n) is 8.37. The Morgan fingerprint density at radius 2 is 1.93 bits per heavy atom. The molecule has 6 nitrogen and oxygen atoms in total. The number of anilines is 1. The largest absolute Gasteiger partial charge is 0.494 e. The summed E-state index contributed by atoms with van der Waals surface area (Å²) in [7, 11) is 0. The predicted octanol–water partition coefficient (Wildman–Crippen LogP) is 3.39. The Hall–Kier alpha value is -1.95. The van der Waals surface area contributed by atoms with Gasteiger partial charge in [0.2, 0.25) is 0 Å². The lowest BCUT2D eigenvalue weighted by atomic mass is 9.45. The van der Waals surface area contributed by atoms with Crippen LogP contribution in [0, 0.1) is 11.3 Å². The molecule has 2 N–H and O–H groups in total. The minimum Gasteiger partial charge on any atom is -0.494 e. The molecule has 3 unspecified atom stereocenters. The molecule has 1 aromatic carbocycles. The maximum absolute atomic E-state index is 13.0. The molecule has 6 rings (SSSR count). The zero-order valence-corrected chi connectivity index (χ0v) is 18.1. The first-order chi connectivity index (χ1) is 14.6. The van der Waals surface area contributed by atoms with Gasteiger partial charge in [0, 0.05) is 36.8 Å². The number of carbonyl (C=O) groups is 1. The standard InChI is InChI=1S/C24H35N3O3/c1-2-30-20-8-6-19(7-9-20)26-16-18-14-24(27(17-18)22(29)25-12-13-28)15-21(26)23(24)10-4-3-5-11-23/h6-9,18,21,28H,2-5,10-17H2,1H3,(H,25,29). The summed E-state index contributed by atoms with van der Waals surface area (Å²) in [6, 6.07) is 9.17. The van der Waals surface area contributed by atoms with Crippen molar-refractivity contribution in [1.29, 1.82) is 0 Å². The molecule has 2 saturated carbocycles. The number of amides is 2. The number of rotatable bonds is 5. The quantitative estimate of drug-likeness (QED) is 0.777. The summed E-state index contributed by atoms with van der Waals surface area (Å²) in [6.45, 7) is 4.89. The molecular weight excluding hydrogens is 378 g/mol. The number of aliphatic hydroxyl groups excluding tert-OH is 1. The van der Waals surface area contributed by atoms with E-state index in [1.54, 1.807) is 0 Å². The van der Waals surface area contributed by atoms with Crippen molar-refractivity contribution in [1.82, 2.24) is 10.2 Å². The predicted molar refractivity (Wildman–Crippen MR) is 117 cm³/mol. The van der Waals surface area contributed by atoms with Crippen LogP contribution in [0.5, 0.6) is 5.75 Å². The van der Waals surface area contributed by atoms with E-state index in [4.69, 9.17) is 4.74 Å². The minimum atomic E-state index is -0.00467. The van der Waals surface area contributed by atoms with Gasteiger partial charge in [0.1, 0.15) is 5.75 Å². The molecule has 5 fully saturated rings. The molecule has 0 radical (unpaired) electrons. The van der Waals surface area contributed by atoms with Crippen LogP contribution in [0.1, 0.15) is 51.9 Å². The number of hydrogen-bond acceptors (Lipinski definition) is 4. The lowest BCUT2D eigenvalue weighted by Crippen LogP contribution is -2.77. The van der Waals surface area contributed by atoms with E-state index >= 15 is 0 Å². The highest BCUT2D eigenvalue weighted by molar-refractivity contribution is 5.76. The van der Waals surface area contributed by atoms with Crippen molar-refractivity contribution >= 4 is 11.7 Å². The van der Waals surface area contributed by atoms with Gasteiger partial charge in [-0.05, 0) is 62.8 Å². The van der Waals surface area contributed by atoms with Gasteiger partial charge in [-0.3, -0.25) is 0 Å². The number of aliphatic hydroxyl groups is 1. The zero-order chi connectivity index (χ0) is 20.8. The number of hydrogen-bond donors (Lipinski definition) is 2. The average Bonchev–Trinajstić information content (AvgIpc) is 3.02. The Morgan fingerprint density at radius 1 is 1.17 bits per heavy atom. The monoisotopic (exact) mass is 413 g/mol. The smallest absolute Gasteiger partial charge is 0.317 e. The van der Waals surface area contributed by atoms with Gasteiger partial charge in [-0.1, -0.05) is 19.3 Å². The summed E-state index contributed by atoms with van der Waals surface area (Å²) >= 11 is 0. The SMILES string of the molecule is CCOc1ccc(N2CC3CN(C(=O)NCCO)C4(C3)CC2C42CCCCC2)cc1. The maximum Gasteiger partial charge on any atom is 0.317 e. The first-order valence-corrected chi connectivity index (χ1v) is 11.8. The molecule has 3 heterocycles. The van der Waals surface area contributed by atoms with Gasteiger partial charge in [-0.25, -0.2) is 4.79 Å². The zero-order valence-electron chi connectivity index (χ0n) is 18.1. The molecule has 0 aromatic heterocycles. The normalized spacial score (nSPS) is 31.3. The molecule has 3 saturated heterocycles. The number of ether oxygens (including phenoxy) is 1. The number of fused-ring (bicyclic) bond motifs is 1. The summed E-state index contributed by atoms with van der Waals surface area (Å²) in [5, 5.41) is 12.1. The topological polar surface area (TPSA) is 65.0 Å². The van der Waals surface area contributed by atoms with Crippen molar-refractivity contribution < 1.29 is 14.6 Å². The Kier molecular flexibility index (Phi) is 5.08. The second kappa shape index (κ2) is 7.63. The highest BCUT2D eigenvalue weighted by Crippen LogP contribution is 2.68. The minimum absolute atomic E-state index is 0.00229. The third-order valence-corrected chi connectivity index (χ3v) is 8.37. The van der Waals surface area contributed by atoms with Crippen LogP contribution in [-0.2, 0) is 0 Å². The lowest BCUT2D eigenvalue weighted by Gasteiger charge is -2.69. The molecule has 3 bridgehead atoms. The van der Waals surface area contributed by atoms with Crippen LogP contribution in [0.15, 0.2) is 24.3 Å². The van der Waals surface area contributed by atoms with E-state index in [-0.39, 0.29) is 23.6 Å². The van der Waals surface area contributed by atoms with Gasteiger partial charge in [0.25, 0.3) is 0 Å². The Labute approximate surface area is 179 Å². The van der Waals surface area contributed by atoms with Crippen molar-refractivity contribution in [3.05, 3.63) is 24.3 Å². The fourth-order valence-corrected chi connectivity index (χ4v) is 7.29. The van der Waals surface area contributed by atoms with Gasteiger partial charge >= 0.3 is 6.03 Å². The summed E-state index contributed by atoms with van der Waals surface area (Å²) in [5.74, 6) is 1.43. The van der Waals surface area contributed by atoms with E-state index in [1.807, 2.05) is 6.92 Å². The molecule has 3 aliphatic heterocycles. The van der Waals surface area contributed by atoms with Crippen molar-refractivity contribution in [2.24, 2.45) is 11.3 Å². The fraction of sp³-hybridized carbons (Fsp3) is 0.708. The van der Waals surface area contributed by atoms with E-state index < -0.39 is 0 Å². The van der Waals surface area contributed by atoms with E-state index in [2.05, 4.69) is 39.4 Å². The van der Waals surface area contributed by atoms with Crippen LogP contribution >= 0.6 is 0 Å². The molecule has 30 heavy (non-hydrogen) atoms. The molecular formula is C24H35N3O3. The number of carbonyl (C=O) groups excluding carboxylic acids is 1. The molecule has 3 atom stereocenters. The van der Waals surface area contributed by atoms with Crippen LogP contribution in [0.25, 0.3) is 0 Å². The summed E-state index contributed by atoms with van der Waals surface area (Å²) in [4.78, 5) is 17.9. The van der Waals surface area contributed by atoms with Crippen molar-refractivity contribution in [2.45, 2.75) is 63.5 Å². The van der Waals surface area contributed by atoms with Crippen LogP contribution in [0.4, 0.5) is 10.5 Å². The highest BCUT2D eigenvalue weighted by atomic mass is 16.5. The van der Waals surface area contributed by atoms with Crippen LogP contribution < -0.4 is 15.0 Å². The molecule has 6 heteroatoms. The number of benzene rings is 1. The molecule has 5 aliphatic rings. The maximum atomic E-state index is 13.0. The molecule has 2 amide bonds. The number of urea groups is 1. The summed E-state index contributed by atoms with van der Waals surface area (Å²) in [5.41, 5.74) is 1.50. The first-order valence-electron chi connectivity index (χ1n) is 11.8. The summed E-state index contributed by atoms with van der Waals surface area (Å²) in [6.07, 6.45) is 8.50. The van der Waals surface area contributed by atoms with Gasteiger partial charge in [0.15, 0.2) is 0 Å². The van der Waals surface area contributed by atoms with Crippen molar-refractivity contribution in [3.63, 3.8) is 0 Å². The number of likely N-dealkylation sites (tertiary alicyclic amines) is 1. The van der Waals surface area contributed by atoms with Crippen molar-refractivity contribution in [2.75, 3.05) is 37.7 Å². The van der Waals surface area contributed by atoms with Gasteiger partial charge in [-0.15, -0.1) is 0 Å². The Bertz CT molecular complexity index is 776. The number of nitrogens with zero attached hydrogens (tertiary/aromatic N) is 2. The Morgan fingerprint density at radius 3 is 2.63 bits per heavy atom. The second-order valence-electron chi connectivity index (χ2n) is 9.68. The molecule has 1 aromatic rings. The van der Waals surface area contributed by atoms with Gasteiger partial charge in [-0.2, -0.15) is 0 Å². The van der Waals surface area contributed by atoms with Crippen LogP contribution in [0.2, 0.25) is 0 Å². The highest BCUT2D eigenvalue weighted by Gasteiger charge is 2.73.